The third-order valence-electron chi connectivity index (χ3n) is 4.40. The molecule has 2 fully saturated rings. The number of imidazole rings is 1. The van der Waals surface area contributed by atoms with Gasteiger partial charge in [-0.25, -0.2) is 4.98 Å². The minimum absolute atomic E-state index is 0.965. The zero-order valence-corrected chi connectivity index (χ0v) is 11.4. The summed E-state index contributed by atoms with van der Waals surface area (Å²) in [7, 11) is 0. The summed E-state index contributed by atoms with van der Waals surface area (Å²) in [6.45, 7) is 5.50. The Morgan fingerprint density at radius 1 is 1.33 bits per heavy atom. The highest BCUT2D eigenvalue weighted by Gasteiger charge is 2.40. The van der Waals surface area contributed by atoms with Crippen LogP contribution in [0.25, 0.3) is 0 Å². The lowest BCUT2D eigenvalue weighted by molar-refractivity contribution is 0.376. The number of hydrogen-bond acceptors (Lipinski definition) is 2. The number of aromatic nitrogens is 2. The van der Waals surface area contributed by atoms with E-state index >= 15 is 0 Å². The Labute approximate surface area is 110 Å². The zero-order valence-electron chi connectivity index (χ0n) is 11.4. The van der Waals surface area contributed by atoms with Gasteiger partial charge in [0, 0.05) is 19.3 Å². The molecule has 1 heterocycles. The number of hydrogen-bond donors (Lipinski definition) is 1. The molecule has 0 saturated heterocycles. The highest BCUT2D eigenvalue weighted by atomic mass is 15.1. The normalized spacial score (nSPS) is 19.7. The van der Waals surface area contributed by atoms with Gasteiger partial charge in [0.05, 0.1) is 12.0 Å². The predicted octanol–water partition coefficient (Wildman–Crippen LogP) is 2.82. The summed E-state index contributed by atoms with van der Waals surface area (Å²) in [5, 5.41) is 3.67. The molecule has 1 aromatic heterocycles. The first kappa shape index (κ1) is 12.2. The van der Waals surface area contributed by atoms with Crippen LogP contribution < -0.4 is 5.32 Å². The van der Waals surface area contributed by atoms with Gasteiger partial charge < -0.3 is 9.88 Å². The zero-order chi connectivity index (χ0) is 12.4. The first-order valence-corrected chi connectivity index (χ1v) is 7.58. The van der Waals surface area contributed by atoms with Gasteiger partial charge in [0.15, 0.2) is 0 Å². The molecule has 0 amide bonds. The van der Waals surface area contributed by atoms with Crippen LogP contribution in [0.15, 0.2) is 12.5 Å². The second-order valence-electron chi connectivity index (χ2n) is 6.05. The quantitative estimate of drug-likeness (QED) is 0.765. The van der Waals surface area contributed by atoms with Crippen molar-refractivity contribution >= 4 is 0 Å². The van der Waals surface area contributed by atoms with Gasteiger partial charge in [-0.2, -0.15) is 0 Å². The van der Waals surface area contributed by atoms with Gasteiger partial charge in [-0.1, -0.05) is 6.92 Å². The Morgan fingerprint density at radius 3 is 2.67 bits per heavy atom. The molecule has 2 aliphatic carbocycles. The van der Waals surface area contributed by atoms with Crippen LogP contribution in [0.5, 0.6) is 0 Å². The second kappa shape index (κ2) is 5.43. The van der Waals surface area contributed by atoms with E-state index in [1.165, 1.54) is 44.3 Å². The number of rotatable bonds is 8. The SMILES string of the molecule is CCCn1cncc1CNCC(C1CC1)C1CC1. The van der Waals surface area contributed by atoms with Crippen molar-refractivity contribution in [2.75, 3.05) is 6.54 Å². The van der Waals surface area contributed by atoms with Crippen LogP contribution in [-0.4, -0.2) is 16.1 Å². The smallest absolute Gasteiger partial charge is 0.0948 e. The molecule has 2 saturated carbocycles. The average Bonchev–Trinajstić information content (AvgIpc) is 3.27. The van der Waals surface area contributed by atoms with Crippen molar-refractivity contribution in [2.45, 2.75) is 52.1 Å². The first-order valence-electron chi connectivity index (χ1n) is 7.58. The molecule has 0 spiro atoms. The van der Waals surface area contributed by atoms with Crippen molar-refractivity contribution in [2.24, 2.45) is 17.8 Å². The molecule has 18 heavy (non-hydrogen) atoms. The minimum atomic E-state index is 0.965. The lowest BCUT2D eigenvalue weighted by Crippen LogP contribution is -2.26. The Bertz CT molecular complexity index is 365. The van der Waals surface area contributed by atoms with E-state index in [0.717, 1.165) is 30.8 Å². The molecule has 0 radical (unpaired) electrons. The van der Waals surface area contributed by atoms with Crippen molar-refractivity contribution in [3.63, 3.8) is 0 Å². The van der Waals surface area contributed by atoms with Gasteiger partial charge in [-0.15, -0.1) is 0 Å². The maximum Gasteiger partial charge on any atom is 0.0948 e. The topological polar surface area (TPSA) is 29.9 Å². The van der Waals surface area contributed by atoms with E-state index < -0.39 is 0 Å². The molecule has 100 valence electrons. The summed E-state index contributed by atoms with van der Waals surface area (Å²) in [5.41, 5.74) is 1.34. The summed E-state index contributed by atoms with van der Waals surface area (Å²) in [5.74, 6) is 3.06. The third-order valence-corrected chi connectivity index (χ3v) is 4.40. The lowest BCUT2D eigenvalue weighted by atomic mass is 9.98. The Morgan fingerprint density at radius 2 is 2.06 bits per heavy atom. The average molecular weight is 247 g/mol. The van der Waals surface area contributed by atoms with Crippen LogP contribution in [0.3, 0.4) is 0 Å². The molecule has 0 atom stereocenters. The molecule has 3 rings (SSSR count). The fourth-order valence-corrected chi connectivity index (χ4v) is 3.07. The minimum Gasteiger partial charge on any atom is -0.333 e. The van der Waals surface area contributed by atoms with E-state index in [-0.39, 0.29) is 0 Å². The molecule has 3 nitrogen and oxygen atoms in total. The molecule has 0 bridgehead atoms. The van der Waals surface area contributed by atoms with Crippen molar-refractivity contribution in [3.8, 4) is 0 Å². The fourth-order valence-electron chi connectivity index (χ4n) is 3.07. The van der Waals surface area contributed by atoms with Gasteiger partial charge in [0.2, 0.25) is 0 Å². The number of nitrogens with zero attached hydrogens (tertiary/aromatic N) is 2. The van der Waals surface area contributed by atoms with E-state index in [0.29, 0.717) is 0 Å². The highest BCUT2D eigenvalue weighted by molar-refractivity contribution is 4.99. The number of nitrogens with one attached hydrogen (secondary N) is 1. The Balaban J connectivity index is 1.46. The van der Waals surface area contributed by atoms with E-state index in [9.17, 15) is 0 Å². The van der Waals surface area contributed by atoms with E-state index in [1.807, 2.05) is 12.5 Å². The van der Waals surface area contributed by atoms with E-state index in [2.05, 4.69) is 21.8 Å². The molecule has 1 N–H and O–H groups in total. The highest BCUT2D eigenvalue weighted by Crippen LogP contribution is 2.48. The van der Waals surface area contributed by atoms with E-state index in [4.69, 9.17) is 0 Å². The van der Waals surface area contributed by atoms with Gasteiger partial charge >= 0.3 is 0 Å². The standard InChI is InChI=1S/C15H25N3/c1-2-7-18-11-17-9-14(18)8-16-10-15(12-3-4-12)13-5-6-13/h9,11-13,15-16H,2-8,10H2,1H3. The molecule has 0 aliphatic heterocycles. The fraction of sp³-hybridized carbons (Fsp3) is 0.800. The van der Waals surface area contributed by atoms with Crippen LogP contribution in [0.1, 0.15) is 44.7 Å². The third kappa shape index (κ3) is 2.94. The maximum atomic E-state index is 4.26. The van der Waals surface area contributed by atoms with Crippen molar-refractivity contribution < 1.29 is 0 Å². The predicted molar refractivity (Wildman–Crippen MR) is 73.2 cm³/mol. The number of aryl methyl sites for hydroxylation is 1. The van der Waals surface area contributed by atoms with Crippen molar-refractivity contribution in [1.82, 2.24) is 14.9 Å². The first-order chi connectivity index (χ1) is 8.88. The Hall–Kier alpha value is -0.830. The van der Waals surface area contributed by atoms with Crippen molar-refractivity contribution in [3.05, 3.63) is 18.2 Å². The molecular weight excluding hydrogens is 222 g/mol. The monoisotopic (exact) mass is 247 g/mol. The van der Waals surface area contributed by atoms with Crippen LogP contribution in [0, 0.1) is 17.8 Å². The Kier molecular flexibility index (Phi) is 3.69. The molecule has 0 aromatic carbocycles. The molecule has 0 unspecified atom stereocenters. The molecule has 1 aromatic rings. The molecular formula is C15H25N3. The second-order valence-corrected chi connectivity index (χ2v) is 6.05. The maximum absolute atomic E-state index is 4.26. The van der Waals surface area contributed by atoms with Gasteiger partial charge in [-0.05, 0) is 56.4 Å². The summed E-state index contributed by atoms with van der Waals surface area (Å²) in [4.78, 5) is 4.26. The summed E-state index contributed by atoms with van der Waals surface area (Å²) >= 11 is 0. The van der Waals surface area contributed by atoms with Gasteiger partial charge in [-0.3, -0.25) is 0 Å². The van der Waals surface area contributed by atoms with Crippen LogP contribution in [0.2, 0.25) is 0 Å². The van der Waals surface area contributed by atoms with Crippen molar-refractivity contribution in [1.29, 1.82) is 0 Å². The summed E-state index contributed by atoms with van der Waals surface area (Å²) < 4.78 is 2.27. The van der Waals surface area contributed by atoms with Crippen LogP contribution in [0.4, 0.5) is 0 Å². The van der Waals surface area contributed by atoms with Gasteiger partial charge in [0.25, 0.3) is 0 Å². The van der Waals surface area contributed by atoms with Gasteiger partial charge in [0.1, 0.15) is 0 Å². The molecule has 2 aliphatic rings. The molecule has 3 heteroatoms. The largest absolute Gasteiger partial charge is 0.333 e. The van der Waals surface area contributed by atoms with E-state index in [1.54, 1.807) is 0 Å². The summed E-state index contributed by atoms with van der Waals surface area (Å²) in [6, 6.07) is 0. The van der Waals surface area contributed by atoms with Crippen LogP contribution in [-0.2, 0) is 13.1 Å². The summed E-state index contributed by atoms with van der Waals surface area (Å²) in [6.07, 6.45) is 11.1. The lowest BCUT2D eigenvalue weighted by Gasteiger charge is -2.16. The van der Waals surface area contributed by atoms with Crippen LogP contribution >= 0.6 is 0 Å².